The van der Waals surface area contributed by atoms with Crippen LogP contribution in [0.25, 0.3) is 0 Å². The normalized spacial score (nSPS) is 10.6. The number of aromatic nitrogens is 2. The molecular formula is C15H19N3O2S. The van der Waals surface area contributed by atoms with E-state index in [1.165, 1.54) is 6.07 Å². The van der Waals surface area contributed by atoms with Gasteiger partial charge in [0.25, 0.3) is 5.56 Å². The maximum Gasteiger partial charge on any atom is 0.250 e. The zero-order chi connectivity index (χ0) is 15.2. The van der Waals surface area contributed by atoms with Crippen molar-refractivity contribution in [1.82, 2.24) is 9.55 Å². The maximum atomic E-state index is 11.9. The minimum absolute atomic E-state index is 0.0387. The number of rotatable bonds is 6. The lowest BCUT2D eigenvalue weighted by molar-refractivity contribution is -0.116. The number of amides is 1. The fraction of sp³-hybridized carbons (Fsp3) is 0.400. The van der Waals surface area contributed by atoms with Crippen LogP contribution < -0.4 is 10.9 Å². The average Bonchev–Trinajstić information content (AvgIpc) is 2.86. The molecular weight excluding hydrogens is 286 g/mol. The molecule has 0 aliphatic rings. The second kappa shape index (κ2) is 7.17. The van der Waals surface area contributed by atoms with Gasteiger partial charge in [0.05, 0.1) is 16.4 Å². The van der Waals surface area contributed by atoms with E-state index in [0.717, 1.165) is 23.5 Å². The third-order valence-corrected chi connectivity index (χ3v) is 3.93. The van der Waals surface area contributed by atoms with Crippen molar-refractivity contribution in [3.63, 3.8) is 0 Å². The van der Waals surface area contributed by atoms with E-state index >= 15 is 0 Å². The third kappa shape index (κ3) is 4.53. The number of pyridine rings is 1. The summed E-state index contributed by atoms with van der Waals surface area (Å²) < 4.78 is 1.56. The number of carbonyl (C=O) groups is 1. The molecule has 5 nitrogen and oxygen atoms in total. The second-order valence-electron chi connectivity index (χ2n) is 4.80. The lowest BCUT2D eigenvalue weighted by Gasteiger charge is -2.07. The van der Waals surface area contributed by atoms with Gasteiger partial charge in [-0.15, -0.1) is 11.3 Å². The zero-order valence-corrected chi connectivity index (χ0v) is 13.1. The molecule has 112 valence electrons. The number of anilines is 1. The number of nitrogens with one attached hydrogen (secondary N) is 1. The summed E-state index contributed by atoms with van der Waals surface area (Å²) in [5, 5.41) is 5.90. The molecule has 1 amide bonds. The number of nitrogens with zero attached hydrogens (tertiary/aromatic N) is 2. The van der Waals surface area contributed by atoms with Crippen LogP contribution in [0.5, 0.6) is 0 Å². The average molecular weight is 305 g/mol. The van der Waals surface area contributed by atoms with E-state index in [1.54, 1.807) is 28.2 Å². The summed E-state index contributed by atoms with van der Waals surface area (Å²) in [7, 11) is 0. The van der Waals surface area contributed by atoms with Crippen LogP contribution in [-0.4, -0.2) is 15.5 Å². The Kier molecular flexibility index (Phi) is 5.27. The molecule has 0 aliphatic heterocycles. The molecule has 0 bridgehead atoms. The summed E-state index contributed by atoms with van der Waals surface area (Å²) in [6.07, 6.45) is 3.69. The van der Waals surface area contributed by atoms with E-state index in [9.17, 15) is 9.59 Å². The molecule has 0 radical (unpaired) electrons. The summed E-state index contributed by atoms with van der Waals surface area (Å²) in [5.74, 6) is -0.0387. The Balaban J connectivity index is 1.83. The Morgan fingerprint density at radius 2 is 2.24 bits per heavy atom. The first-order valence-corrected chi connectivity index (χ1v) is 7.88. The Morgan fingerprint density at radius 1 is 1.43 bits per heavy atom. The van der Waals surface area contributed by atoms with Crippen LogP contribution in [0.3, 0.4) is 0 Å². The second-order valence-corrected chi connectivity index (χ2v) is 5.86. The number of aryl methyl sites for hydroxylation is 3. The van der Waals surface area contributed by atoms with E-state index < -0.39 is 0 Å². The Hall–Kier alpha value is -1.95. The quantitative estimate of drug-likeness (QED) is 0.892. The summed E-state index contributed by atoms with van der Waals surface area (Å²) in [6, 6.07) is 3.10. The van der Waals surface area contributed by atoms with Crippen LogP contribution in [0.4, 0.5) is 5.69 Å². The summed E-state index contributed by atoms with van der Waals surface area (Å²) in [5.41, 5.74) is 1.64. The highest BCUT2D eigenvalue weighted by Gasteiger charge is 2.05. The highest BCUT2D eigenvalue weighted by molar-refractivity contribution is 7.09. The molecule has 0 saturated carbocycles. The van der Waals surface area contributed by atoms with Gasteiger partial charge in [0.1, 0.15) is 0 Å². The number of hydrogen-bond acceptors (Lipinski definition) is 4. The lowest BCUT2D eigenvalue weighted by Crippen LogP contribution is -2.19. The van der Waals surface area contributed by atoms with Crippen LogP contribution in [0.15, 0.2) is 28.5 Å². The third-order valence-electron chi connectivity index (χ3n) is 3.11. The monoisotopic (exact) mass is 305 g/mol. The summed E-state index contributed by atoms with van der Waals surface area (Å²) >= 11 is 1.63. The first-order valence-electron chi connectivity index (χ1n) is 7.00. The van der Waals surface area contributed by atoms with Crippen molar-refractivity contribution in [3.8, 4) is 0 Å². The number of thiazole rings is 1. The molecule has 0 aromatic carbocycles. The van der Waals surface area contributed by atoms with Crippen molar-refractivity contribution < 1.29 is 4.79 Å². The zero-order valence-electron chi connectivity index (χ0n) is 12.3. The largest absolute Gasteiger partial charge is 0.325 e. The molecule has 0 aliphatic carbocycles. The van der Waals surface area contributed by atoms with Crippen LogP contribution in [-0.2, 0) is 17.8 Å². The standard InChI is InChI=1S/C15H19N3O2S/c1-3-18-9-12(7-8-15(18)20)17-14(19)6-4-5-13-10-21-11(2)16-13/h7-10H,3-6H2,1-2H3,(H,17,19). The minimum atomic E-state index is -0.0607. The van der Waals surface area contributed by atoms with Gasteiger partial charge >= 0.3 is 0 Å². The number of hydrogen-bond donors (Lipinski definition) is 1. The summed E-state index contributed by atoms with van der Waals surface area (Å²) in [4.78, 5) is 27.7. The molecule has 0 atom stereocenters. The van der Waals surface area contributed by atoms with E-state index in [4.69, 9.17) is 0 Å². The van der Waals surface area contributed by atoms with Gasteiger partial charge in [-0.2, -0.15) is 0 Å². The smallest absolute Gasteiger partial charge is 0.250 e. The maximum absolute atomic E-state index is 11.9. The van der Waals surface area contributed by atoms with Gasteiger partial charge < -0.3 is 9.88 Å². The molecule has 21 heavy (non-hydrogen) atoms. The fourth-order valence-corrected chi connectivity index (χ4v) is 2.68. The van der Waals surface area contributed by atoms with Crippen LogP contribution in [0.1, 0.15) is 30.5 Å². The molecule has 6 heteroatoms. The van der Waals surface area contributed by atoms with E-state index in [2.05, 4.69) is 10.3 Å². The van der Waals surface area contributed by atoms with E-state index in [-0.39, 0.29) is 11.5 Å². The van der Waals surface area contributed by atoms with Crippen molar-refractivity contribution in [2.75, 3.05) is 5.32 Å². The van der Waals surface area contributed by atoms with E-state index in [1.807, 2.05) is 19.2 Å². The number of carbonyl (C=O) groups excluding carboxylic acids is 1. The highest BCUT2D eigenvalue weighted by Crippen LogP contribution is 2.11. The van der Waals surface area contributed by atoms with Crippen molar-refractivity contribution in [1.29, 1.82) is 0 Å². The van der Waals surface area contributed by atoms with Gasteiger partial charge in [-0.3, -0.25) is 9.59 Å². The Labute approximate surface area is 127 Å². The van der Waals surface area contributed by atoms with Crippen molar-refractivity contribution in [2.45, 2.75) is 39.7 Å². The molecule has 0 saturated heterocycles. The minimum Gasteiger partial charge on any atom is -0.325 e. The van der Waals surface area contributed by atoms with Crippen molar-refractivity contribution >= 4 is 22.9 Å². The molecule has 0 fully saturated rings. The van der Waals surface area contributed by atoms with Gasteiger partial charge in [-0.25, -0.2) is 4.98 Å². The van der Waals surface area contributed by atoms with Crippen molar-refractivity contribution in [3.05, 3.63) is 44.8 Å². The highest BCUT2D eigenvalue weighted by atomic mass is 32.1. The van der Waals surface area contributed by atoms with Crippen LogP contribution >= 0.6 is 11.3 Å². The Bertz CT molecular complexity index is 676. The van der Waals surface area contributed by atoms with Gasteiger partial charge in [-0.1, -0.05) is 0 Å². The SMILES string of the molecule is CCn1cc(NC(=O)CCCc2csc(C)n2)ccc1=O. The predicted molar refractivity (Wildman–Crippen MR) is 84.8 cm³/mol. The van der Waals surface area contributed by atoms with Crippen molar-refractivity contribution in [2.24, 2.45) is 0 Å². The van der Waals surface area contributed by atoms with Gasteiger partial charge in [0.2, 0.25) is 5.91 Å². The molecule has 2 aromatic rings. The molecule has 2 aromatic heterocycles. The molecule has 1 N–H and O–H groups in total. The van der Waals surface area contributed by atoms with Gasteiger partial charge in [0, 0.05) is 30.6 Å². The van der Waals surface area contributed by atoms with Crippen LogP contribution in [0, 0.1) is 6.92 Å². The molecule has 2 heterocycles. The Morgan fingerprint density at radius 3 is 2.90 bits per heavy atom. The first kappa shape index (κ1) is 15.4. The van der Waals surface area contributed by atoms with Gasteiger partial charge in [-0.05, 0) is 32.8 Å². The lowest BCUT2D eigenvalue weighted by atomic mass is 10.2. The van der Waals surface area contributed by atoms with Crippen LogP contribution in [0.2, 0.25) is 0 Å². The fourth-order valence-electron chi connectivity index (χ4n) is 2.03. The molecule has 0 spiro atoms. The molecule has 2 rings (SSSR count). The van der Waals surface area contributed by atoms with E-state index in [0.29, 0.717) is 18.7 Å². The topological polar surface area (TPSA) is 64.0 Å². The summed E-state index contributed by atoms with van der Waals surface area (Å²) in [6.45, 7) is 4.46. The van der Waals surface area contributed by atoms with Gasteiger partial charge in [0.15, 0.2) is 0 Å². The first-order chi connectivity index (χ1) is 10.1. The predicted octanol–water partition coefficient (Wildman–Crippen LogP) is 2.59. The molecule has 0 unspecified atom stereocenters.